The van der Waals surface area contributed by atoms with E-state index in [0.29, 0.717) is 28.6 Å². The van der Waals surface area contributed by atoms with E-state index in [1.165, 1.54) is 18.9 Å². The van der Waals surface area contributed by atoms with Gasteiger partial charge in [0, 0.05) is 17.2 Å². The molecule has 7 nitrogen and oxygen atoms in total. The van der Waals surface area contributed by atoms with Gasteiger partial charge >= 0.3 is 0 Å². The number of aromatic nitrogens is 2. The number of carbonyl (C=O) groups is 1. The number of benzene rings is 2. The summed E-state index contributed by atoms with van der Waals surface area (Å²) >= 11 is 6.23. The standard InChI is InChI=1S/C25H26ClN3O4/c1-15(24(30)27-20-13-19(26)21(32-2)14-22(20)33-3)29-25(31)18-12-8-7-11-17(18)23(28-29)16-9-5-4-6-10-16/h4-6,9-10,13-15H,7-8,11-12H2,1-3H3,(H,27,30)/t15-/m0/s1. The molecular formula is C25H26ClN3O4. The molecule has 0 saturated carbocycles. The predicted molar refractivity (Wildman–Crippen MR) is 128 cm³/mol. The van der Waals surface area contributed by atoms with Crippen molar-refractivity contribution in [2.75, 3.05) is 19.5 Å². The predicted octanol–water partition coefficient (Wildman–Crippen LogP) is 4.66. The molecule has 33 heavy (non-hydrogen) atoms. The van der Waals surface area contributed by atoms with E-state index in [1.807, 2.05) is 30.3 Å². The minimum atomic E-state index is -0.849. The van der Waals surface area contributed by atoms with Gasteiger partial charge in [0.25, 0.3) is 5.56 Å². The number of nitrogens with one attached hydrogen (secondary N) is 1. The van der Waals surface area contributed by atoms with Gasteiger partial charge in [-0.05, 0) is 44.2 Å². The molecule has 172 valence electrons. The topological polar surface area (TPSA) is 82.4 Å². The van der Waals surface area contributed by atoms with Gasteiger partial charge in [-0.15, -0.1) is 0 Å². The van der Waals surface area contributed by atoms with E-state index in [0.717, 1.165) is 41.6 Å². The average Bonchev–Trinajstić information content (AvgIpc) is 2.84. The van der Waals surface area contributed by atoms with Crippen molar-refractivity contribution >= 4 is 23.2 Å². The SMILES string of the molecule is COc1cc(OC)c(NC(=O)[C@H](C)n2nc(-c3ccccc3)c3c(c2=O)CCCC3)cc1Cl. The normalized spacial score (nSPS) is 13.7. The van der Waals surface area contributed by atoms with Crippen LogP contribution in [0.2, 0.25) is 5.02 Å². The van der Waals surface area contributed by atoms with Crippen molar-refractivity contribution in [2.45, 2.75) is 38.6 Å². The fourth-order valence-electron chi connectivity index (χ4n) is 4.15. The summed E-state index contributed by atoms with van der Waals surface area (Å²) in [5.41, 5.74) is 3.60. The fourth-order valence-corrected chi connectivity index (χ4v) is 4.39. The number of hydrogen-bond donors (Lipinski definition) is 1. The zero-order valence-electron chi connectivity index (χ0n) is 18.9. The first kappa shape index (κ1) is 22.9. The van der Waals surface area contributed by atoms with Crippen LogP contribution in [-0.4, -0.2) is 29.9 Å². The van der Waals surface area contributed by atoms with Gasteiger partial charge in [-0.3, -0.25) is 9.59 Å². The van der Waals surface area contributed by atoms with Gasteiger partial charge in [0.05, 0.1) is 30.6 Å². The highest BCUT2D eigenvalue weighted by atomic mass is 35.5. The summed E-state index contributed by atoms with van der Waals surface area (Å²) in [7, 11) is 2.99. The number of nitrogens with zero attached hydrogens (tertiary/aromatic N) is 2. The van der Waals surface area contributed by atoms with E-state index in [9.17, 15) is 9.59 Å². The Hall–Kier alpha value is -3.32. The van der Waals surface area contributed by atoms with Crippen molar-refractivity contribution in [3.05, 3.63) is 69.0 Å². The fraction of sp³-hybridized carbons (Fsp3) is 0.320. The quantitative estimate of drug-likeness (QED) is 0.570. The Bertz CT molecular complexity index is 1240. The Kier molecular flexibility index (Phi) is 6.70. The number of ether oxygens (including phenoxy) is 2. The molecule has 4 rings (SSSR count). The molecule has 0 unspecified atom stereocenters. The van der Waals surface area contributed by atoms with E-state index in [2.05, 4.69) is 10.4 Å². The van der Waals surface area contributed by atoms with Crippen LogP contribution in [0, 0.1) is 0 Å². The second-order valence-electron chi connectivity index (χ2n) is 7.98. The van der Waals surface area contributed by atoms with E-state index in [1.54, 1.807) is 19.1 Å². The van der Waals surface area contributed by atoms with Gasteiger partial charge < -0.3 is 14.8 Å². The number of carbonyl (C=O) groups excluding carboxylic acids is 1. The summed E-state index contributed by atoms with van der Waals surface area (Å²) in [6.07, 6.45) is 3.46. The first-order valence-corrected chi connectivity index (χ1v) is 11.2. The molecule has 0 radical (unpaired) electrons. The van der Waals surface area contributed by atoms with Crippen LogP contribution >= 0.6 is 11.6 Å². The monoisotopic (exact) mass is 467 g/mol. The van der Waals surface area contributed by atoms with Crippen molar-refractivity contribution < 1.29 is 14.3 Å². The number of hydrogen-bond acceptors (Lipinski definition) is 5. The van der Waals surface area contributed by atoms with Gasteiger partial charge in [-0.2, -0.15) is 5.10 Å². The number of methoxy groups -OCH3 is 2. The largest absolute Gasteiger partial charge is 0.495 e. The van der Waals surface area contributed by atoms with Crippen LogP contribution in [0.25, 0.3) is 11.3 Å². The van der Waals surface area contributed by atoms with Gasteiger partial charge in [0.1, 0.15) is 17.5 Å². The van der Waals surface area contributed by atoms with Crippen molar-refractivity contribution in [1.29, 1.82) is 0 Å². The number of halogens is 1. The van der Waals surface area contributed by atoms with Gasteiger partial charge in [-0.1, -0.05) is 41.9 Å². The lowest BCUT2D eigenvalue weighted by Gasteiger charge is -2.23. The lowest BCUT2D eigenvalue weighted by atomic mass is 9.89. The highest BCUT2D eigenvalue weighted by Gasteiger charge is 2.26. The molecule has 1 heterocycles. The minimum absolute atomic E-state index is 0.216. The van der Waals surface area contributed by atoms with Crippen molar-refractivity contribution in [1.82, 2.24) is 9.78 Å². The van der Waals surface area contributed by atoms with Crippen LogP contribution in [0.1, 0.15) is 36.9 Å². The maximum atomic E-state index is 13.3. The molecule has 0 saturated heterocycles. The van der Waals surface area contributed by atoms with E-state index >= 15 is 0 Å². The van der Waals surface area contributed by atoms with E-state index in [-0.39, 0.29) is 5.56 Å². The molecule has 2 aromatic carbocycles. The third kappa shape index (κ3) is 4.46. The molecular weight excluding hydrogens is 442 g/mol. The number of fused-ring (bicyclic) bond motifs is 1. The molecule has 1 aliphatic rings. The molecule has 0 fully saturated rings. The van der Waals surface area contributed by atoms with Crippen molar-refractivity contribution in [3.8, 4) is 22.8 Å². The summed E-state index contributed by atoms with van der Waals surface area (Å²) < 4.78 is 11.9. The zero-order chi connectivity index (χ0) is 23.5. The molecule has 0 spiro atoms. The minimum Gasteiger partial charge on any atom is -0.495 e. The van der Waals surface area contributed by atoms with E-state index < -0.39 is 11.9 Å². The van der Waals surface area contributed by atoms with Gasteiger partial charge in [-0.25, -0.2) is 4.68 Å². The van der Waals surface area contributed by atoms with Crippen LogP contribution in [0.5, 0.6) is 11.5 Å². The molecule has 0 bridgehead atoms. The average molecular weight is 468 g/mol. The smallest absolute Gasteiger partial charge is 0.271 e. The molecule has 1 amide bonds. The highest BCUT2D eigenvalue weighted by molar-refractivity contribution is 6.32. The molecule has 1 N–H and O–H groups in total. The number of anilines is 1. The summed E-state index contributed by atoms with van der Waals surface area (Å²) in [5.74, 6) is 0.422. The number of amides is 1. The summed E-state index contributed by atoms with van der Waals surface area (Å²) in [4.78, 5) is 26.5. The summed E-state index contributed by atoms with van der Waals surface area (Å²) in [6, 6.07) is 12.1. The second kappa shape index (κ2) is 9.67. The Morgan fingerprint density at radius 1 is 1.06 bits per heavy atom. The first-order valence-electron chi connectivity index (χ1n) is 10.9. The lowest BCUT2D eigenvalue weighted by molar-refractivity contribution is -0.119. The Morgan fingerprint density at radius 3 is 2.39 bits per heavy atom. The summed E-state index contributed by atoms with van der Waals surface area (Å²) in [6.45, 7) is 1.66. The van der Waals surface area contributed by atoms with Gasteiger partial charge in [0.2, 0.25) is 5.91 Å². The second-order valence-corrected chi connectivity index (χ2v) is 8.39. The zero-order valence-corrected chi connectivity index (χ0v) is 19.6. The molecule has 1 aromatic heterocycles. The molecule has 3 aromatic rings. The van der Waals surface area contributed by atoms with Crippen LogP contribution in [0.3, 0.4) is 0 Å². The maximum Gasteiger partial charge on any atom is 0.271 e. The van der Waals surface area contributed by atoms with Crippen LogP contribution in [-0.2, 0) is 17.6 Å². The Morgan fingerprint density at radius 2 is 1.73 bits per heavy atom. The Balaban J connectivity index is 1.73. The Labute approximate surface area is 197 Å². The maximum absolute atomic E-state index is 13.3. The highest BCUT2D eigenvalue weighted by Crippen LogP contribution is 2.36. The molecule has 0 aliphatic heterocycles. The van der Waals surface area contributed by atoms with Crippen LogP contribution in [0.4, 0.5) is 5.69 Å². The van der Waals surface area contributed by atoms with Crippen molar-refractivity contribution in [2.24, 2.45) is 0 Å². The summed E-state index contributed by atoms with van der Waals surface area (Å²) in [5, 5.41) is 7.82. The third-order valence-corrected chi connectivity index (χ3v) is 6.25. The molecule has 1 atom stereocenters. The van der Waals surface area contributed by atoms with Crippen LogP contribution < -0.4 is 20.3 Å². The van der Waals surface area contributed by atoms with E-state index in [4.69, 9.17) is 21.1 Å². The van der Waals surface area contributed by atoms with Crippen LogP contribution in [0.15, 0.2) is 47.3 Å². The first-order chi connectivity index (χ1) is 15.9. The third-order valence-electron chi connectivity index (χ3n) is 5.95. The lowest BCUT2D eigenvalue weighted by Crippen LogP contribution is -2.37. The number of rotatable bonds is 6. The molecule has 1 aliphatic carbocycles. The van der Waals surface area contributed by atoms with Gasteiger partial charge in [0.15, 0.2) is 0 Å². The van der Waals surface area contributed by atoms with Crippen molar-refractivity contribution in [3.63, 3.8) is 0 Å². The molecule has 8 heteroatoms.